The second-order valence-electron chi connectivity index (χ2n) is 6.53. The first kappa shape index (κ1) is 20.7. The topological polar surface area (TPSA) is 79.7 Å². The predicted octanol–water partition coefficient (Wildman–Crippen LogP) is 3.35. The lowest BCUT2D eigenvalue weighted by Gasteiger charge is -2.28. The number of carboxylic acid groups (broad SMARTS) is 1. The fourth-order valence-corrected chi connectivity index (χ4v) is 1.99. The first-order valence-electron chi connectivity index (χ1n) is 7.52. The van der Waals surface area contributed by atoms with E-state index in [1.165, 1.54) is 13.1 Å². The van der Waals surface area contributed by atoms with Gasteiger partial charge in [0.15, 0.2) is 0 Å². The second-order valence-corrected chi connectivity index (χ2v) is 6.53. The highest BCUT2D eigenvalue weighted by molar-refractivity contribution is 5.80. The first-order chi connectivity index (χ1) is 11.3. The smallest absolute Gasteiger partial charge is 0.433 e. The molecule has 1 amide bonds. The molecule has 1 rings (SSSR count). The van der Waals surface area contributed by atoms with Crippen molar-refractivity contribution in [2.45, 2.75) is 51.4 Å². The van der Waals surface area contributed by atoms with Crippen molar-refractivity contribution in [2.24, 2.45) is 0 Å². The molecule has 0 saturated carbocycles. The minimum absolute atomic E-state index is 0.0120. The number of hydrogen-bond donors (Lipinski definition) is 1. The molecule has 0 aliphatic heterocycles. The van der Waals surface area contributed by atoms with E-state index >= 15 is 0 Å². The number of hydrogen-bond acceptors (Lipinski definition) is 4. The summed E-state index contributed by atoms with van der Waals surface area (Å²) in [6.45, 7) is 4.97. The van der Waals surface area contributed by atoms with Crippen LogP contribution in [-0.4, -0.2) is 45.7 Å². The molecule has 0 radical (unpaired) electrons. The molecule has 0 spiro atoms. The molecule has 1 N–H and O–H groups in total. The van der Waals surface area contributed by atoms with Gasteiger partial charge in [-0.2, -0.15) is 13.2 Å². The molecule has 0 fully saturated rings. The van der Waals surface area contributed by atoms with Gasteiger partial charge in [0.25, 0.3) is 0 Å². The van der Waals surface area contributed by atoms with Gasteiger partial charge in [-0.25, -0.2) is 9.59 Å². The SMILES string of the molecule is CN(C(=O)OC(C)(C)C)[C@H](CCc1ccc(C(F)(F)F)nc1)C(=O)O. The van der Waals surface area contributed by atoms with Gasteiger partial charge in [-0.1, -0.05) is 6.07 Å². The summed E-state index contributed by atoms with van der Waals surface area (Å²) in [5.74, 6) is -1.23. The average molecular weight is 362 g/mol. The molecular formula is C16H21F3N2O4. The Morgan fingerprint density at radius 3 is 2.28 bits per heavy atom. The quantitative estimate of drug-likeness (QED) is 0.869. The number of carbonyl (C=O) groups excluding carboxylic acids is 1. The van der Waals surface area contributed by atoms with Gasteiger partial charge in [0.05, 0.1) is 0 Å². The lowest BCUT2D eigenvalue weighted by atomic mass is 10.1. The largest absolute Gasteiger partial charge is 0.480 e. The summed E-state index contributed by atoms with van der Waals surface area (Å²) in [7, 11) is 1.30. The summed E-state index contributed by atoms with van der Waals surface area (Å²) in [6, 6.07) is 0.905. The Morgan fingerprint density at radius 1 is 1.28 bits per heavy atom. The van der Waals surface area contributed by atoms with E-state index in [9.17, 15) is 27.9 Å². The molecule has 6 nitrogen and oxygen atoms in total. The molecule has 1 heterocycles. The molecule has 140 valence electrons. The fraction of sp³-hybridized carbons (Fsp3) is 0.562. The molecular weight excluding hydrogens is 341 g/mol. The number of ether oxygens (including phenoxy) is 1. The normalized spacial score (nSPS) is 13.2. The molecule has 0 aliphatic carbocycles. The molecule has 1 atom stereocenters. The van der Waals surface area contributed by atoms with E-state index in [-0.39, 0.29) is 12.8 Å². The number of halogens is 3. The van der Waals surface area contributed by atoms with Crippen LogP contribution in [0.5, 0.6) is 0 Å². The minimum Gasteiger partial charge on any atom is -0.480 e. The van der Waals surface area contributed by atoms with Crippen molar-refractivity contribution in [1.29, 1.82) is 0 Å². The lowest BCUT2D eigenvalue weighted by molar-refractivity contribution is -0.143. The second kappa shape index (κ2) is 7.71. The molecule has 0 unspecified atom stereocenters. The number of alkyl halides is 3. The van der Waals surface area contributed by atoms with E-state index in [0.29, 0.717) is 5.56 Å². The molecule has 0 aromatic carbocycles. The maximum atomic E-state index is 12.5. The van der Waals surface area contributed by atoms with Crippen LogP contribution in [0.25, 0.3) is 0 Å². The van der Waals surface area contributed by atoms with Gasteiger partial charge in [-0.15, -0.1) is 0 Å². The molecule has 1 aromatic heterocycles. The van der Waals surface area contributed by atoms with E-state index < -0.39 is 35.6 Å². The third kappa shape index (κ3) is 6.60. The number of pyridine rings is 1. The lowest BCUT2D eigenvalue weighted by Crippen LogP contribution is -2.45. The van der Waals surface area contributed by atoms with E-state index in [2.05, 4.69) is 4.98 Å². The summed E-state index contributed by atoms with van der Waals surface area (Å²) < 4.78 is 42.5. The summed E-state index contributed by atoms with van der Waals surface area (Å²) in [5.41, 5.74) is -1.35. The highest BCUT2D eigenvalue weighted by Crippen LogP contribution is 2.27. The molecule has 0 saturated heterocycles. The Bertz CT molecular complexity index is 609. The number of rotatable bonds is 5. The van der Waals surface area contributed by atoms with E-state index in [0.717, 1.165) is 17.2 Å². The van der Waals surface area contributed by atoms with Crippen molar-refractivity contribution in [1.82, 2.24) is 9.88 Å². The number of likely N-dealkylation sites (N-methyl/N-ethyl adjacent to an activating group) is 1. The highest BCUT2D eigenvalue weighted by Gasteiger charge is 2.32. The van der Waals surface area contributed by atoms with Crippen LogP contribution in [0, 0.1) is 0 Å². The molecule has 0 bridgehead atoms. The Balaban J connectivity index is 2.76. The number of carboxylic acids is 1. The van der Waals surface area contributed by atoms with E-state index in [1.54, 1.807) is 20.8 Å². The van der Waals surface area contributed by atoms with Crippen molar-refractivity contribution in [3.63, 3.8) is 0 Å². The Hall–Kier alpha value is -2.32. The third-order valence-electron chi connectivity index (χ3n) is 3.26. The molecule has 1 aromatic rings. The van der Waals surface area contributed by atoms with Crippen LogP contribution in [-0.2, 0) is 22.1 Å². The van der Waals surface area contributed by atoms with Gasteiger partial charge in [-0.05, 0) is 45.2 Å². The fourth-order valence-electron chi connectivity index (χ4n) is 1.99. The highest BCUT2D eigenvalue weighted by atomic mass is 19.4. The number of nitrogens with zero attached hydrogens (tertiary/aromatic N) is 2. The van der Waals surface area contributed by atoms with Gasteiger partial charge in [0, 0.05) is 13.2 Å². The van der Waals surface area contributed by atoms with Crippen molar-refractivity contribution in [3.05, 3.63) is 29.6 Å². The van der Waals surface area contributed by atoms with E-state index in [4.69, 9.17) is 4.74 Å². The number of aliphatic carboxylic acids is 1. The molecule has 9 heteroatoms. The standard InChI is InChI=1S/C16H21F3N2O4/c1-15(2,3)25-14(24)21(4)11(13(22)23)7-5-10-6-8-12(20-9-10)16(17,18)19/h6,8-9,11H,5,7H2,1-4H3,(H,22,23)/t11-/m1/s1. The van der Waals surface area contributed by atoms with Crippen molar-refractivity contribution < 1.29 is 32.6 Å². The summed E-state index contributed by atoms with van der Waals surface area (Å²) >= 11 is 0. The zero-order valence-electron chi connectivity index (χ0n) is 14.4. The summed E-state index contributed by atoms with van der Waals surface area (Å²) in [6.07, 6.45) is -4.10. The number of aromatic nitrogens is 1. The Kier molecular flexibility index (Phi) is 6.39. The van der Waals surface area contributed by atoms with Crippen LogP contribution in [0.2, 0.25) is 0 Å². The van der Waals surface area contributed by atoms with Crippen LogP contribution >= 0.6 is 0 Å². The Labute approximate surface area is 143 Å². The average Bonchev–Trinajstić information content (AvgIpc) is 2.44. The maximum Gasteiger partial charge on any atom is 0.433 e. The minimum atomic E-state index is -4.53. The maximum absolute atomic E-state index is 12.5. The summed E-state index contributed by atoms with van der Waals surface area (Å²) in [4.78, 5) is 27.7. The van der Waals surface area contributed by atoms with E-state index in [1.807, 2.05) is 0 Å². The van der Waals surface area contributed by atoms with Crippen LogP contribution in [0.1, 0.15) is 38.4 Å². The predicted molar refractivity (Wildman–Crippen MR) is 83.0 cm³/mol. The van der Waals surface area contributed by atoms with Crippen LogP contribution in [0.15, 0.2) is 18.3 Å². The van der Waals surface area contributed by atoms with Gasteiger partial charge in [-0.3, -0.25) is 9.88 Å². The number of amides is 1. The zero-order valence-corrected chi connectivity index (χ0v) is 14.4. The van der Waals surface area contributed by atoms with Crippen molar-refractivity contribution in [3.8, 4) is 0 Å². The van der Waals surface area contributed by atoms with Gasteiger partial charge in [0.1, 0.15) is 17.3 Å². The van der Waals surface area contributed by atoms with Crippen molar-refractivity contribution in [2.75, 3.05) is 7.05 Å². The molecule has 25 heavy (non-hydrogen) atoms. The zero-order chi connectivity index (χ0) is 19.4. The van der Waals surface area contributed by atoms with Crippen LogP contribution < -0.4 is 0 Å². The van der Waals surface area contributed by atoms with Crippen LogP contribution in [0.3, 0.4) is 0 Å². The summed E-state index contributed by atoms with van der Waals surface area (Å²) in [5, 5.41) is 9.31. The number of aryl methyl sites for hydroxylation is 1. The number of carbonyl (C=O) groups is 2. The first-order valence-corrected chi connectivity index (χ1v) is 7.52. The van der Waals surface area contributed by atoms with Crippen molar-refractivity contribution >= 4 is 12.1 Å². The monoisotopic (exact) mass is 362 g/mol. The van der Waals surface area contributed by atoms with Gasteiger partial charge in [0.2, 0.25) is 0 Å². The van der Waals surface area contributed by atoms with Gasteiger partial charge < -0.3 is 9.84 Å². The molecule has 0 aliphatic rings. The van der Waals surface area contributed by atoms with Gasteiger partial charge >= 0.3 is 18.2 Å². The Morgan fingerprint density at radius 2 is 1.88 bits per heavy atom. The third-order valence-corrected chi connectivity index (χ3v) is 3.26. The van der Waals surface area contributed by atoms with Crippen LogP contribution in [0.4, 0.5) is 18.0 Å².